The third kappa shape index (κ3) is 4.36. The molecule has 7 heteroatoms. The minimum absolute atomic E-state index is 0.0898. The molecule has 28 heavy (non-hydrogen) atoms. The Morgan fingerprint density at radius 1 is 1.07 bits per heavy atom. The summed E-state index contributed by atoms with van der Waals surface area (Å²) in [7, 11) is 4.54. The van der Waals surface area contributed by atoms with E-state index >= 15 is 0 Å². The number of aryl methyl sites for hydroxylation is 1. The van der Waals surface area contributed by atoms with Crippen LogP contribution >= 0.6 is 0 Å². The molecule has 0 aliphatic carbocycles. The smallest absolute Gasteiger partial charge is 0.346 e. The van der Waals surface area contributed by atoms with Crippen molar-refractivity contribution in [2.45, 2.75) is 26.8 Å². The van der Waals surface area contributed by atoms with Gasteiger partial charge >= 0.3 is 5.97 Å². The Balaban J connectivity index is 2.17. The number of carbonyl (C=O) groups is 2. The molecule has 152 valence electrons. The van der Waals surface area contributed by atoms with Crippen LogP contribution in [-0.2, 0) is 9.47 Å². The van der Waals surface area contributed by atoms with Crippen LogP contribution in [0, 0.1) is 13.8 Å². The molecule has 0 spiro atoms. The van der Waals surface area contributed by atoms with Crippen molar-refractivity contribution in [3.05, 3.63) is 46.8 Å². The molecule has 1 heterocycles. The van der Waals surface area contributed by atoms with Gasteiger partial charge in [-0.15, -0.1) is 0 Å². The summed E-state index contributed by atoms with van der Waals surface area (Å²) in [5, 5.41) is 0. The van der Waals surface area contributed by atoms with Crippen LogP contribution < -0.4 is 9.47 Å². The van der Waals surface area contributed by atoms with E-state index in [1.54, 1.807) is 31.4 Å². The minimum Gasteiger partial charge on any atom is -0.496 e. The summed E-state index contributed by atoms with van der Waals surface area (Å²) in [4.78, 5) is 25.2. The van der Waals surface area contributed by atoms with Gasteiger partial charge in [0, 0.05) is 24.1 Å². The van der Waals surface area contributed by atoms with Crippen LogP contribution in [0.4, 0.5) is 0 Å². The predicted molar refractivity (Wildman–Crippen MR) is 105 cm³/mol. The van der Waals surface area contributed by atoms with Crippen LogP contribution in [-0.4, -0.2) is 50.9 Å². The lowest BCUT2D eigenvalue weighted by Crippen LogP contribution is -2.17. The fourth-order valence-electron chi connectivity index (χ4n) is 3.39. The molecule has 0 unspecified atom stereocenters. The number of aromatic nitrogens is 1. The highest BCUT2D eigenvalue weighted by Crippen LogP contribution is 2.29. The van der Waals surface area contributed by atoms with E-state index in [4.69, 9.17) is 18.9 Å². The predicted octanol–water partition coefficient (Wildman–Crippen LogP) is 3.37. The number of nitrogens with zero attached hydrogens (tertiary/aromatic N) is 1. The molecule has 0 N–H and O–H groups in total. The van der Waals surface area contributed by atoms with E-state index in [0.717, 1.165) is 11.4 Å². The van der Waals surface area contributed by atoms with Crippen LogP contribution in [0.15, 0.2) is 24.3 Å². The highest BCUT2D eigenvalue weighted by Gasteiger charge is 2.23. The van der Waals surface area contributed by atoms with E-state index in [2.05, 4.69) is 0 Å². The van der Waals surface area contributed by atoms with E-state index in [-0.39, 0.29) is 24.0 Å². The summed E-state index contributed by atoms with van der Waals surface area (Å²) in [5.41, 5.74) is 2.45. The molecule has 1 atom stereocenters. The average molecular weight is 389 g/mol. The largest absolute Gasteiger partial charge is 0.496 e. The van der Waals surface area contributed by atoms with Gasteiger partial charge in [-0.1, -0.05) is 6.07 Å². The molecule has 0 saturated heterocycles. The van der Waals surface area contributed by atoms with Crippen LogP contribution in [0.3, 0.4) is 0 Å². The fraction of sp³-hybridized carbons (Fsp3) is 0.429. The summed E-state index contributed by atoms with van der Waals surface area (Å²) in [6, 6.07) is 6.86. The first-order valence-electron chi connectivity index (χ1n) is 8.94. The molecular weight excluding hydrogens is 362 g/mol. The topological polar surface area (TPSA) is 76.0 Å². The molecule has 2 rings (SSSR count). The van der Waals surface area contributed by atoms with Crippen molar-refractivity contribution in [1.29, 1.82) is 0 Å². The number of hydrogen-bond donors (Lipinski definition) is 0. The molecule has 0 fully saturated rings. The second kappa shape index (κ2) is 9.41. The molecule has 7 nitrogen and oxygen atoms in total. The number of hydrogen-bond acceptors (Lipinski definition) is 6. The lowest BCUT2D eigenvalue weighted by atomic mass is 10.1. The Morgan fingerprint density at radius 2 is 1.68 bits per heavy atom. The van der Waals surface area contributed by atoms with Gasteiger partial charge in [-0.05, 0) is 39.0 Å². The Labute approximate surface area is 165 Å². The third-order valence-electron chi connectivity index (χ3n) is 4.60. The first-order valence-corrected chi connectivity index (χ1v) is 8.94. The third-order valence-corrected chi connectivity index (χ3v) is 4.60. The molecular formula is C21H27NO6. The minimum atomic E-state index is -0.677. The molecule has 1 aromatic heterocycles. The van der Waals surface area contributed by atoms with Gasteiger partial charge in [-0.3, -0.25) is 4.79 Å². The highest BCUT2D eigenvalue weighted by molar-refractivity contribution is 6.01. The number of Topliss-reactive ketones (excluding diaryl/α,β-unsaturated/α-hetero) is 1. The maximum absolute atomic E-state index is 12.7. The van der Waals surface area contributed by atoms with Gasteiger partial charge in [0.25, 0.3) is 0 Å². The number of esters is 1. The maximum atomic E-state index is 12.7. The van der Waals surface area contributed by atoms with Crippen molar-refractivity contribution in [2.24, 2.45) is 0 Å². The summed E-state index contributed by atoms with van der Waals surface area (Å²) in [6.45, 7) is 5.99. The van der Waals surface area contributed by atoms with E-state index in [9.17, 15) is 9.59 Å². The average Bonchev–Trinajstić information content (AvgIpc) is 2.99. The highest BCUT2D eigenvalue weighted by atomic mass is 16.5. The monoisotopic (exact) mass is 389 g/mol. The SMILES string of the molecule is COC[C@@H](C)n1c(C)cc(C(=O)COC(=O)c2c(OC)cccc2OC)c1C. The molecule has 2 aromatic rings. The number of rotatable bonds is 9. The zero-order valence-corrected chi connectivity index (χ0v) is 17.2. The van der Waals surface area contributed by atoms with E-state index in [1.165, 1.54) is 14.2 Å². The Morgan fingerprint density at radius 3 is 2.21 bits per heavy atom. The van der Waals surface area contributed by atoms with Crippen LogP contribution in [0.25, 0.3) is 0 Å². The van der Waals surface area contributed by atoms with Crippen molar-refractivity contribution in [3.8, 4) is 11.5 Å². The van der Waals surface area contributed by atoms with Crippen molar-refractivity contribution >= 4 is 11.8 Å². The fourth-order valence-corrected chi connectivity index (χ4v) is 3.39. The van der Waals surface area contributed by atoms with Gasteiger partial charge in [-0.2, -0.15) is 0 Å². The van der Waals surface area contributed by atoms with Gasteiger partial charge < -0.3 is 23.5 Å². The summed E-state index contributed by atoms with van der Waals surface area (Å²) in [5.74, 6) is -0.304. The lowest BCUT2D eigenvalue weighted by molar-refractivity contribution is 0.0468. The summed E-state index contributed by atoms with van der Waals surface area (Å²) in [6.07, 6.45) is 0. The molecule has 1 aromatic carbocycles. The van der Waals surface area contributed by atoms with Gasteiger partial charge in [-0.25, -0.2) is 4.79 Å². The molecule has 0 aliphatic rings. The quantitative estimate of drug-likeness (QED) is 0.483. The van der Waals surface area contributed by atoms with Crippen LogP contribution in [0.2, 0.25) is 0 Å². The maximum Gasteiger partial charge on any atom is 0.346 e. The zero-order valence-electron chi connectivity index (χ0n) is 17.2. The lowest BCUT2D eigenvalue weighted by Gasteiger charge is -2.17. The van der Waals surface area contributed by atoms with Gasteiger partial charge in [0.2, 0.25) is 5.78 Å². The van der Waals surface area contributed by atoms with Crippen LogP contribution in [0.5, 0.6) is 11.5 Å². The number of methoxy groups -OCH3 is 3. The van der Waals surface area contributed by atoms with E-state index < -0.39 is 5.97 Å². The first kappa shape index (κ1) is 21.5. The standard InChI is InChI=1S/C21H27NO6/c1-13-10-16(15(3)22(13)14(2)11-25-4)17(23)12-28-21(24)20-18(26-5)8-7-9-19(20)27-6/h7-10,14H,11-12H2,1-6H3/t14-/m1/s1. The number of ketones is 1. The van der Waals surface area contributed by atoms with Crippen molar-refractivity contribution < 1.29 is 28.5 Å². The number of benzene rings is 1. The van der Waals surface area contributed by atoms with Gasteiger partial charge in [0.1, 0.15) is 17.1 Å². The molecule has 0 aliphatic heterocycles. The first-order chi connectivity index (χ1) is 13.3. The van der Waals surface area contributed by atoms with E-state index in [0.29, 0.717) is 23.7 Å². The van der Waals surface area contributed by atoms with Crippen molar-refractivity contribution in [3.63, 3.8) is 0 Å². The molecule has 0 amide bonds. The molecule has 0 saturated carbocycles. The Hall–Kier alpha value is -2.80. The summed E-state index contributed by atoms with van der Waals surface area (Å²) < 4.78 is 22.9. The second-order valence-corrected chi connectivity index (χ2v) is 6.50. The molecule has 0 bridgehead atoms. The van der Waals surface area contributed by atoms with Crippen molar-refractivity contribution in [2.75, 3.05) is 34.5 Å². The Kier molecular flexibility index (Phi) is 7.23. The number of ether oxygens (including phenoxy) is 4. The van der Waals surface area contributed by atoms with Gasteiger partial charge in [0.15, 0.2) is 6.61 Å². The van der Waals surface area contributed by atoms with E-state index in [1.807, 2.05) is 25.3 Å². The number of carbonyl (C=O) groups excluding carboxylic acids is 2. The molecule has 0 radical (unpaired) electrons. The van der Waals surface area contributed by atoms with Crippen LogP contribution in [0.1, 0.15) is 45.1 Å². The van der Waals surface area contributed by atoms with Gasteiger partial charge in [0.05, 0.1) is 26.9 Å². The van der Waals surface area contributed by atoms with Crippen molar-refractivity contribution in [1.82, 2.24) is 4.57 Å². The second-order valence-electron chi connectivity index (χ2n) is 6.50. The zero-order chi connectivity index (χ0) is 20.8. The Bertz CT molecular complexity index is 833. The normalized spacial score (nSPS) is 11.8. The summed E-state index contributed by atoms with van der Waals surface area (Å²) >= 11 is 0.